The summed E-state index contributed by atoms with van der Waals surface area (Å²) in [5.74, 6) is 0.462. The minimum atomic E-state index is -0.114. The summed E-state index contributed by atoms with van der Waals surface area (Å²) in [5.41, 5.74) is 6.79. The van der Waals surface area contributed by atoms with Crippen LogP contribution in [-0.2, 0) is 4.74 Å². The second-order valence-corrected chi connectivity index (χ2v) is 5.98. The Morgan fingerprint density at radius 2 is 2.19 bits per heavy atom. The van der Waals surface area contributed by atoms with Crippen molar-refractivity contribution in [3.8, 4) is 5.75 Å². The number of rotatable bonds is 5. The third-order valence-electron chi connectivity index (χ3n) is 4.34. The van der Waals surface area contributed by atoms with E-state index < -0.39 is 0 Å². The van der Waals surface area contributed by atoms with Crippen LogP contribution in [0.3, 0.4) is 0 Å². The summed E-state index contributed by atoms with van der Waals surface area (Å²) < 4.78 is 10.8. The fourth-order valence-corrected chi connectivity index (χ4v) is 2.73. The highest BCUT2D eigenvalue weighted by molar-refractivity contribution is 5.95. The van der Waals surface area contributed by atoms with Crippen LogP contribution in [0.25, 0.3) is 0 Å². The third kappa shape index (κ3) is 2.97. The van der Waals surface area contributed by atoms with Crippen LogP contribution >= 0.6 is 0 Å². The van der Waals surface area contributed by atoms with Gasteiger partial charge in [-0.25, -0.2) is 0 Å². The molecule has 1 fully saturated rings. The molecule has 0 aromatic heterocycles. The summed E-state index contributed by atoms with van der Waals surface area (Å²) in [4.78, 5) is 12.3. The maximum atomic E-state index is 12.3. The lowest BCUT2D eigenvalue weighted by Gasteiger charge is -2.51. The molecule has 0 saturated heterocycles. The molecule has 5 heteroatoms. The molecule has 0 spiro atoms. The molecule has 2 rings (SSSR count). The molecular weight excluding hydrogens is 268 g/mol. The second-order valence-electron chi connectivity index (χ2n) is 5.98. The van der Waals surface area contributed by atoms with Crippen molar-refractivity contribution in [1.29, 1.82) is 0 Å². The Hall–Kier alpha value is -1.75. The predicted octanol–water partition coefficient (Wildman–Crippen LogP) is 2.21. The van der Waals surface area contributed by atoms with E-state index in [1.165, 1.54) is 0 Å². The fourth-order valence-electron chi connectivity index (χ4n) is 2.73. The van der Waals surface area contributed by atoms with Gasteiger partial charge in [0.25, 0.3) is 5.91 Å². The van der Waals surface area contributed by atoms with Gasteiger partial charge in [-0.3, -0.25) is 4.79 Å². The van der Waals surface area contributed by atoms with Crippen molar-refractivity contribution in [1.82, 2.24) is 5.32 Å². The number of amides is 1. The first-order valence-electron chi connectivity index (χ1n) is 7.26. The van der Waals surface area contributed by atoms with Gasteiger partial charge in [-0.2, -0.15) is 0 Å². The van der Waals surface area contributed by atoms with Crippen LogP contribution in [0.15, 0.2) is 18.2 Å². The zero-order chi connectivity index (χ0) is 15.6. The van der Waals surface area contributed by atoms with Crippen molar-refractivity contribution in [3.05, 3.63) is 23.8 Å². The van der Waals surface area contributed by atoms with Gasteiger partial charge in [0.15, 0.2) is 0 Å². The summed E-state index contributed by atoms with van der Waals surface area (Å²) in [6.45, 7) is 6.92. The van der Waals surface area contributed by atoms with E-state index >= 15 is 0 Å². The van der Waals surface area contributed by atoms with E-state index in [1.54, 1.807) is 25.3 Å². The summed E-state index contributed by atoms with van der Waals surface area (Å²) in [6, 6.07) is 5.18. The van der Waals surface area contributed by atoms with E-state index in [4.69, 9.17) is 15.2 Å². The van der Waals surface area contributed by atoms with E-state index in [0.29, 0.717) is 23.6 Å². The molecule has 0 aliphatic heterocycles. The van der Waals surface area contributed by atoms with Crippen LogP contribution in [-0.4, -0.2) is 31.8 Å². The number of ether oxygens (including phenoxy) is 2. The smallest absolute Gasteiger partial charge is 0.251 e. The quantitative estimate of drug-likeness (QED) is 0.816. The molecule has 1 saturated carbocycles. The molecule has 1 aromatic rings. The molecule has 2 unspecified atom stereocenters. The Balaban J connectivity index is 2.01. The Morgan fingerprint density at radius 1 is 1.48 bits per heavy atom. The first kappa shape index (κ1) is 15.6. The Labute approximate surface area is 125 Å². The van der Waals surface area contributed by atoms with E-state index in [0.717, 1.165) is 6.42 Å². The molecule has 0 radical (unpaired) electrons. The lowest BCUT2D eigenvalue weighted by atomic mass is 9.64. The highest BCUT2D eigenvalue weighted by Gasteiger charge is 2.49. The van der Waals surface area contributed by atoms with Crippen molar-refractivity contribution in [2.75, 3.05) is 19.5 Å². The van der Waals surface area contributed by atoms with Gasteiger partial charge >= 0.3 is 0 Å². The number of nitrogen functional groups attached to an aromatic ring is 1. The first-order valence-corrected chi connectivity index (χ1v) is 7.26. The number of nitrogens with one attached hydrogen (secondary N) is 1. The Bertz CT molecular complexity index is 528. The SMILES string of the molecule is CCOC1CC(NC(=O)c2ccc(OC)c(N)c2)C1(C)C. The number of carbonyl (C=O) groups is 1. The Morgan fingerprint density at radius 3 is 2.71 bits per heavy atom. The van der Waals surface area contributed by atoms with Crippen molar-refractivity contribution >= 4 is 11.6 Å². The summed E-state index contributed by atoms with van der Waals surface area (Å²) in [5, 5.41) is 3.06. The number of methoxy groups -OCH3 is 1. The van der Waals surface area contributed by atoms with Crippen molar-refractivity contribution in [2.24, 2.45) is 5.41 Å². The second kappa shape index (κ2) is 5.93. The molecule has 5 nitrogen and oxygen atoms in total. The molecule has 21 heavy (non-hydrogen) atoms. The number of carbonyl (C=O) groups excluding carboxylic acids is 1. The average Bonchev–Trinajstić information content (AvgIpc) is 2.46. The van der Waals surface area contributed by atoms with Crippen LogP contribution in [0.5, 0.6) is 5.75 Å². The molecule has 1 amide bonds. The summed E-state index contributed by atoms with van der Waals surface area (Å²) in [6.07, 6.45) is 1.05. The van der Waals surface area contributed by atoms with E-state index in [-0.39, 0.29) is 23.5 Å². The van der Waals surface area contributed by atoms with Crippen molar-refractivity contribution in [3.63, 3.8) is 0 Å². The number of anilines is 1. The molecule has 3 N–H and O–H groups in total. The van der Waals surface area contributed by atoms with Crippen LogP contribution in [0.4, 0.5) is 5.69 Å². The maximum Gasteiger partial charge on any atom is 0.251 e. The maximum absolute atomic E-state index is 12.3. The molecule has 2 atom stereocenters. The van der Waals surface area contributed by atoms with Gasteiger partial charge in [0.1, 0.15) is 5.75 Å². The van der Waals surface area contributed by atoms with E-state index in [2.05, 4.69) is 19.2 Å². The monoisotopic (exact) mass is 292 g/mol. The highest BCUT2D eigenvalue weighted by Crippen LogP contribution is 2.42. The molecule has 116 valence electrons. The lowest BCUT2D eigenvalue weighted by molar-refractivity contribution is -0.111. The van der Waals surface area contributed by atoms with Crippen molar-refractivity contribution < 1.29 is 14.3 Å². The third-order valence-corrected chi connectivity index (χ3v) is 4.34. The first-order chi connectivity index (χ1) is 9.90. The molecule has 1 aromatic carbocycles. The summed E-state index contributed by atoms with van der Waals surface area (Å²) >= 11 is 0. The number of hydrogen-bond donors (Lipinski definition) is 2. The van der Waals surface area contributed by atoms with Gasteiger partial charge < -0.3 is 20.5 Å². The predicted molar refractivity (Wildman–Crippen MR) is 82.5 cm³/mol. The van der Waals surface area contributed by atoms with Gasteiger partial charge in [-0.1, -0.05) is 13.8 Å². The number of nitrogens with two attached hydrogens (primary N) is 1. The van der Waals surface area contributed by atoms with Crippen LogP contribution in [0, 0.1) is 5.41 Å². The number of benzene rings is 1. The molecule has 0 heterocycles. The Kier molecular flexibility index (Phi) is 4.42. The molecule has 1 aliphatic rings. The normalized spacial score (nSPS) is 23.2. The minimum Gasteiger partial charge on any atom is -0.495 e. The highest BCUT2D eigenvalue weighted by atomic mass is 16.5. The van der Waals surface area contributed by atoms with Crippen LogP contribution in [0.2, 0.25) is 0 Å². The topological polar surface area (TPSA) is 73.6 Å². The zero-order valence-corrected chi connectivity index (χ0v) is 13.1. The van der Waals surface area contributed by atoms with E-state index in [9.17, 15) is 4.79 Å². The van der Waals surface area contributed by atoms with E-state index in [1.807, 2.05) is 6.92 Å². The van der Waals surface area contributed by atoms with Gasteiger partial charge in [-0.05, 0) is 31.5 Å². The lowest BCUT2D eigenvalue weighted by Crippen LogP contribution is -2.62. The average molecular weight is 292 g/mol. The fraction of sp³-hybridized carbons (Fsp3) is 0.562. The van der Waals surface area contributed by atoms with Gasteiger partial charge in [0.05, 0.1) is 18.9 Å². The standard InChI is InChI=1S/C16H24N2O3/c1-5-21-14-9-13(16(14,2)3)18-15(19)10-6-7-12(20-4)11(17)8-10/h6-8,13-14H,5,9,17H2,1-4H3,(H,18,19). The minimum absolute atomic E-state index is 0.0519. The van der Waals surface area contributed by atoms with Gasteiger partial charge in [-0.15, -0.1) is 0 Å². The molecular formula is C16H24N2O3. The van der Waals surface area contributed by atoms with Crippen LogP contribution < -0.4 is 15.8 Å². The van der Waals surface area contributed by atoms with Gasteiger partial charge in [0.2, 0.25) is 0 Å². The summed E-state index contributed by atoms with van der Waals surface area (Å²) in [7, 11) is 1.55. The zero-order valence-electron chi connectivity index (χ0n) is 13.1. The molecule has 1 aliphatic carbocycles. The van der Waals surface area contributed by atoms with Crippen LogP contribution in [0.1, 0.15) is 37.6 Å². The largest absolute Gasteiger partial charge is 0.495 e. The molecule has 0 bridgehead atoms. The number of hydrogen-bond acceptors (Lipinski definition) is 4. The van der Waals surface area contributed by atoms with Gasteiger partial charge in [0, 0.05) is 23.6 Å². The van der Waals surface area contributed by atoms with Crippen molar-refractivity contribution in [2.45, 2.75) is 39.3 Å².